The molecule has 4 aromatic heterocycles. The van der Waals surface area contributed by atoms with Crippen LogP contribution in [0, 0.1) is 11.6 Å². The van der Waals surface area contributed by atoms with E-state index in [1.807, 2.05) is 40.9 Å². The van der Waals surface area contributed by atoms with Crippen LogP contribution in [-0.2, 0) is 13.1 Å². The van der Waals surface area contributed by atoms with Gasteiger partial charge in [0, 0.05) is 18.9 Å². The van der Waals surface area contributed by atoms with Crippen LogP contribution in [0.3, 0.4) is 0 Å². The Labute approximate surface area is 197 Å². The van der Waals surface area contributed by atoms with Gasteiger partial charge in [0.15, 0.2) is 28.3 Å². The lowest BCUT2D eigenvalue weighted by Crippen LogP contribution is -2.23. The minimum absolute atomic E-state index is 0.0410. The van der Waals surface area contributed by atoms with Gasteiger partial charge in [0.05, 0.1) is 28.8 Å². The van der Waals surface area contributed by atoms with E-state index < -0.39 is 17.5 Å². The molecule has 170 valence electrons. The molecule has 5 rings (SSSR count). The average Bonchev–Trinajstić information content (AvgIpc) is 3.49. The third-order valence-electron chi connectivity index (χ3n) is 5.07. The Kier molecular flexibility index (Phi) is 5.96. The Bertz CT molecular complexity index is 1470. The molecule has 2 N–H and O–H groups in total. The first-order chi connectivity index (χ1) is 16.6. The largest absolute Gasteiger partial charge is 0.356 e. The van der Waals surface area contributed by atoms with Gasteiger partial charge in [0.1, 0.15) is 0 Å². The predicted octanol–water partition coefficient (Wildman–Crippen LogP) is 4.67. The number of thiazole rings is 1. The number of nitrogens with one attached hydrogen (secondary N) is 2. The Balaban J connectivity index is 1.36. The van der Waals surface area contributed by atoms with Crippen LogP contribution >= 0.6 is 11.3 Å². The number of hydrogen-bond donors (Lipinski definition) is 2. The molecule has 4 heterocycles. The molecule has 0 aliphatic heterocycles. The van der Waals surface area contributed by atoms with Gasteiger partial charge in [-0.1, -0.05) is 29.5 Å². The van der Waals surface area contributed by atoms with E-state index in [9.17, 15) is 13.6 Å². The fourth-order valence-electron chi connectivity index (χ4n) is 3.42. The molecule has 0 saturated heterocycles. The summed E-state index contributed by atoms with van der Waals surface area (Å²) in [5.74, 6) is -1.73. The zero-order valence-electron chi connectivity index (χ0n) is 17.7. The minimum Gasteiger partial charge on any atom is -0.356 e. The number of fused-ring (bicyclic) bond motifs is 1. The van der Waals surface area contributed by atoms with E-state index in [4.69, 9.17) is 0 Å². The summed E-state index contributed by atoms with van der Waals surface area (Å²) in [6.07, 6.45) is 5.26. The molecule has 0 saturated carbocycles. The number of amides is 1. The number of pyridine rings is 2. The number of benzene rings is 1. The number of hydrogen-bond acceptors (Lipinski definition) is 6. The molecule has 0 spiro atoms. The summed E-state index contributed by atoms with van der Waals surface area (Å²) in [4.78, 5) is 27.0. The molecule has 1 amide bonds. The van der Waals surface area contributed by atoms with Crippen molar-refractivity contribution in [1.82, 2.24) is 24.7 Å². The Hall–Kier alpha value is -4.18. The van der Waals surface area contributed by atoms with Crippen LogP contribution in [0.5, 0.6) is 0 Å². The van der Waals surface area contributed by atoms with Gasteiger partial charge in [-0.05, 0) is 42.0 Å². The molecule has 0 radical (unpaired) electrons. The van der Waals surface area contributed by atoms with Gasteiger partial charge in [-0.25, -0.2) is 18.7 Å². The van der Waals surface area contributed by atoms with Crippen molar-refractivity contribution >= 4 is 27.9 Å². The molecule has 34 heavy (non-hydrogen) atoms. The molecule has 0 bridgehead atoms. The second kappa shape index (κ2) is 9.36. The maximum Gasteiger partial charge on any atom is 0.272 e. The van der Waals surface area contributed by atoms with Crippen molar-refractivity contribution in [1.29, 1.82) is 0 Å². The first-order valence-electron chi connectivity index (χ1n) is 10.4. The molecule has 0 aliphatic rings. The molecule has 0 unspecified atom stereocenters. The van der Waals surface area contributed by atoms with E-state index >= 15 is 0 Å². The SMILES string of the molecule is O=C(NCc1ccc(F)c(F)c1)c1nc(-c2cnc(NCc3ccccn3)s2)n2ccccc12. The number of carbonyl (C=O) groups is 1. The van der Waals surface area contributed by atoms with Crippen molar-refractivity contribution < 1.29 is 13.6 Å². The lowest BCUT2D eigenvalue weighted by molar-refractivity contribution is 0.0948. The van der Waals surface area contributed by atoms with Crippen molar-refractivity contribution in [3.8, 4) is 10.7 Å². The highest BCUT2D eigenvalue weighted by Gasteiger charge is 2.20. The molecule has 10 heteroatoms. The molecular formula is C24H18F2N6OS. The monoisotopic (exact) mass is 476 g/mol. The van der Waals surface area contributed by atoms with Crippen LogP contribution in [0.1, 0.15) is 21.7 Å². The summed E-state index contributed by atoms with van der Waals surface area (Å²) in [5.41, 5.74) is 2.19. The van der Waals surface area contributed by atoms with E-state index in [0.29, 0.717) is 28.6 Å². The van der Waals surface area contributed by atoms with E-state index in [-0.39, 0.29) is 12.2 Å². The number of imidazole rings is 1. The Morgan fingerprint density at radius 3 is 2.71 bits per heavy atom. The van der Waals surface area contributed by atoms with Crippen LogP contribution in [-0.4, -0.2) is 25.3 Å². The van der Waals surface area contributed by atoms with Crippen LogP contribution < -0.4 is 10.6 Å². The predicted molar refractivity (Wildman–Crippen MR) is 125 cm³/mol. The van der Waals surface area contributed by atoms with Crippen molar-refractivity contribution in [2.75, 3.05) is 5.32 Å². The zero-order chi connectivity index (χ0) is 23.5. The number of nitrogens with zero attached hydrogens (tertiary/aromatic N) is 4. The van der Waals surface area contributed by atoms with Gasteiger partial charge in [0.2, 0.25) is 0 Å². The fourth-order valence-corrected chi connectivity index (χ4v) is 4.22. The summed E-state index contributed by atoms with van der Waals surface area (Å²) in [5, 5.41) is 6.68. The molecule has 7 nitrogen and oxygen atoms in total. The Morgan fingerprint density at radius 2 is 1.88 bits per heavy atom. The summed E-state index contributed by atoms with van der Waals surface area (Å²) in [6.45, 7) is 0.577. The van der Waals surface area contributed by atoms with E-state index in [2.05, 4.69) is 25.6 Å². The normalized spacial score (nSPS) is 11.0. The maximum absolute atomic E-state index is 13.5. The average molecular weight is 477 g/mol. The van der Waals surface area contributed by atoms with Crippen LogP contribution in [0.2, 0.25) is 0 Å². The number of anilines is 1. The van der Waals surface area contributed by atoms with Crippen molar-refractivity contribution in [3.63, 3.8) is 0 Å². The second-order valence-electron chi connectivity index (χ2n) is 7.38. The number of carbonyl (C=O) groups excluding carboxylic acids is 1. The first kappa shape index (κ1) is 21.7. The number of aromatic nitrogens is 4. The van der Waals surface area contributed by atoms with Crippen molar-refractivity contribution in [3.05, 3.63) is 102 Å². The molecule has 0 aliphatic carbocycles. The third kappa shape index (κ3) is 4.48. The topological polar surface area (TPSA) is 84.2 Å². The van der Waals surface area contributed by atoms with E-state index in [0.717, 1.165) is 22.7 Å². The first-order valence-corrected chi connectivity index (χ1v) is 11.2. The van der Waals surface area contributed by atoms with Gasteiger partial charge in [-0.2, -0.15) is 0 Å². The summed E-state index contributed by atoms with van der Waals surface area (Å²) >= 11 is 1.42. The lowest BCUT2D eigenvalue weighted by atomic mass is 10.2. The molecule has 1 aromatic carbocycles. The van der Waals surface area contributed by atoms with Gasteiger partial charge in [-0.3, -0.25) is 14.2 Å². The zero-order valence-corrected chi connectivity index (χ0v) is 18.5. The van der Waals surface area contributed by atoms with Crippen LogP contribution in [0.25, 0.3) is 16.2 Å². The third-order valence-corrected chi connectivity index (χ3v) is 6.02. The number of rotatable bonds is 7. The quantitative estimate of drug-likeness (QED) is 0.357. The molecule has 5 aromatic rings. The van der Waals surface area contributed by atoms with Crippen molar-refractivity contribution in [2.24, 2.45) is 0 Å². The minimum atomic E-state index is -0.959. The highest BCUT2D eigenvalue weighted by atomic mass is 32.1. The van der Waals surface area contributed by atoms with Gasteiger partial charge in [0.25, 0.3) is 5.91 Å². The molecule has 0 atom stereocenters. The highest BCUT2D eigenvalue weighted by Crippen LogP contribution is 2.30. The highest BCUT2D eigenvalue weighted by molar-refractivity contribution is 7.18. The van der Waals surface area contributed by atoms with Crippen LogP contribution in [0.4, 0.5) is 13.9 Å². The summed E-state index contributed by atoms with van der Waals surface area (Å²) < 4.78 is 28.4. The molecule has 0 fully saturated rings. The standard InChI is InChI=1S/C24H18F2N6OS/c25-17-8-7-15(11-18(17)26)12-28-23(33)21-19-6-2-4-10-32(19)22(31-21)20-14-30-24(34-20)29-13-16-5-1-3-9-27-16/h1-11,14H,12-13H2,(H,28,33)(H,29,30). The fraction of sp³-hybridized carbons (Fsp3) is 0.0833. The van der Waals surface area contributed by atoms with E-state index in [1.54, 1.807) is 18.5 Å². The Morgan fingerprint density at radius 1 is 1.00 bits per heavy atom. The second-order valence-corrected chi connectivity index (χ2v) is 8.41. The number of halogens is 2. The smallest absolute Gasteiger partial charge is 0.272 e. The van der Waals surface area contributed by atoms with Crippen LogP contribution in [0.15, 0.2) is 73.2 Å². The van der Waals surface area contributed by atoms with Gasteiger partial charge < -0.3 is 10.6 Å². The van der Waals surface area contributed by atoms with Crippen molar-refractivity contribution in [2.45, 2.75) is 13.1 Å². The lowest BCUT2D eigenvalue weighted by Gasteiger charge is -2.04. The maximum atomic E-state index is 13.5. The molecular weight excluding hydrogens is 458 g/mol. The van der Waals surface area contributed by atoms with Gasteiger partial charge >= 0.3 is 0 Å². The van der Waals surface area contributed by atoms with Gasteiger partial charge in [-0.15, -0.1) is 0 Å². The van der Waals surface area contributed by atoms with E-state index in [1.165, 1.54) is 17.4 Å². The summed E-state index contributed by atoms with van der Waals surface area (Å²) in [6, 6.07) is 14.7. The summed E-state index contributed by atoms with van der Waals surface area (Å²) in [7, 11) is 0.